The molecule has 2 heterocycles. The number of para-hydroxylation sites is 1. The van der Waals surface area contributed by atoms with Crippen LogP contribution in [0.25, 0.3) is 22.3 Å². The topological polar surface area (TPSA) is 78.4 Å². The van der Waals surface area contributed by atoms with Gasteiger partial charge in [-0.25, -0.2) is 9.97 Å². The third kappa shape index (κ3) is 3.61. The molecule has 138 valence electrons. The highest BCUT2D eigenvalue weighted by atomic mass is 16.3. The van der Waals surface area contributed by atoms with E-state index in [4.69, 9.17) is 4.98 Å². The number of amides is 1. The summed E-state index contributed by atoms with van der Waals surface area (Å²) in [7, 11) is 0. The Labute approximate surface area is 157 Å². The lowest BCUT2D eigenvalue weighted by Gasteiger charge is -2.36. The highest BCUT2D eigenvalue weighted by Gasteiger charge is 2.29. The van der Waals surface area contributed by atoms with Crippen LogP contribution in [0.4, 0.5) is 5.82 Å². The number of nitrogens with zero attached hydrogens (tertiary/aromatic N) is 3. The molecule has 27 heavy (non-hydrogen) atoms. The summed E-state index contributed by atoms with van der Waals surface area (Å²) in [5.74, 6) is 1.35. The van der Waals surface area contributed by atoms with Crippen molar-refractivity contribution in [1.82, 2.24) is 14.9 Å². The van der Waals surface area contributed by atoms with Crippen molar-refractivity contribution in [2.24, 2.45) is 0 Å². The van der Waals surface area contributed by atoms with E-state index in [-0.39, 0.29) is 11.9 Å². The molecular formula is C21H22N4O2. The first-order valence-corrected chi connectivity index (χ1v) is 9.14. The van der Waals surface area contributed by atoms with Crippen LogP contribution < -0.4 is 5.32 Å². The SMILES string of the molecule is CC(=O)N1CC[C@@H](Nc2nc(-c3ccccc3)nc3ccccc23)[C@H](O)C1. The third-order valence-corrected chi connectivity index (χ3v) is 4.98. The molecule has 0 spiro atoms. The molecule has 6 heteroatoms. The molecular weight excluding hydrogens is 340 g/mol. The first kappa shape index (κ1) is 17.4. The zero-order chi connectivity index (χ0) is 18.8. The van der Waals surface area contributed by atoms with E-state index in [2.05, 4.69) is 10.3 Å². The Morgan fingerprint density at radius 2 is 1.85 bits per heavy atom. The third-order valence-electron chi connectivity index (χ3n) is 4.98. The summed E-state index contributed by atoms with van der Waals surface area (Å²) in [4.78, 5) is 22.7. The number of aliphatic hydroxyl groups is 1. The molecule has 0 bridgehead atoms. The molecule has 2 N–H and O–H groups in total. The lowest BCUT2D eigenvalue weighted by molar-refractivity contribution is -0.132. The molecule has 2 aromatic carbocycles. The lowest BCUT2D eigenvalue weighted by atomic mass is 10.0. The smallest absolute Gasteiger partial charge is 0.219 e. The highest BCUT2D eigenvalue weighted by Crippen LogP contribution is 2.26. The zero-order valence-corrected chi connectivity index (χ0v) is 15.2. The summed E-state index contributed by atoms with van der Waals surface area (Å²) in [6.07, 6.45) is 0.0243. The minimum absolute atomic E-state index is 0.00801. The molecule has 0 saturated carbocycles. The fourth-order valence-corrected chi connectivity index (χ4v) is 3.46. The molecule has 1 aromatic heterocycles. The summed E-state index contributed by atoms with van der Waals surface area (Å²) in [5.41, 5.74) is 1.79. The van der Waals surface area contributed by atoms with Crippen LogP contribution in [0.1, 0.15) is 13.3 Å². The summed E-state index contributed by atoms with van der Waals surface area (Å²) in [5, 5.41) is 14.8. The number of aromatic nitrogens is 2. The number of anilines is 1. The fraction of sp³-hybridized carbons (Fsp3) is 0.286. The van der Waals surface area contributed by atoms with Crippen LogP contribution in [0.3, 0.4) is 0 Å². The summed E-state index contributed by atoms with van der Waals surface area (Å²) >= 11 is 0. The Kier molecular flexibility index (Phi) is 4.73. The minimum Gasteiger partial charge on any atom is -0.389 e. The van der Waals surface area contributed by atoms with Crippen molar-refractivity contribution < 1.29 is 9.90 Å². The van der Waals surface area contributed by atoms with Gasteiger partial charge in [-0.2, -0.15) is 0 Å². The normalized spacial score (nSPS) is 19.9. The Hall–Kier alpha value is -2.99. The second-order valence-corrected chi connectivity index (χ2v) is 6.85. The van der Waals surface area contributed by atoms with Gasteiger partial charge in [0.1, 0.15) is 5.82 Å². The van der Waals surface area contributed by atoms with E-state index in [1.807, 2.05) is 54.6 Å². The summed E-state index contributed by atoms with van der Waals surface area (Å²) in [6.45, 7) is 2.49. The predicted molar refractivity (Wildman–Crippen MR) is 105 cm³/mol. The number of rotatable bonds is 3. The highest BCUT2D eigenvalue weighted by molar-refractivity contribution is 5.90. The van der Waals surface area contributed by atoms with Gasteiger partial charge in [-0.3, -0.25) is 4.79 Å². The predicted octanol–water partition coefficient (Wildman–Crippen LogP) is 2.69. The van der Waals surface area contributed by atoms with E-state index in [0.29, 0.717) is 31.2 Å². The monoisotopic (exact) mass is 362 g/mol. The number of hydrogen-bond acceptors (Lipinski definition) is 5. The number of piperidine rings is 1. The minimum atomic E-state index is -0.642. The van der Waals surface area contributed by atoms with Crippen molar-refractivity contribution in [1.29, 1.82) is 0 Å². The first-order valence-electron chi connectivity index (χ1n) is 9.14. The zero-order valence-electron chi connectivity index (χ0n) is 15.2. The van der Waals surface area contributed by atoms with Gasteiger partial charge in [0.2, 0.25) is 5.91 Å². The average Bonchev–Trinajstić information content (AvgIpc) is 2.70. The van der Waals surface area contributed by atoms with Crippen molar-refractivity contribution in [2.75, 3.05) is 18.4 Å². The van der Waals surface area contributed by atoms with Crippen LogP contribution in [-0.2, 0) is 4.79 Å². The maximum atomic E-state index is 11.6. The maximum absolute atomic E-state index is 11.6. The van der Waals surface area contributed by atoms with Crippen molar-refractivity contribution in [3.63, 3.8) is 0 Å². The molecule has 3 aromatic rings. The van der Waals surface area contributed by atoms with E-state index in [1.165, 1.54) is 6.92 Å². The standard InChI is InChI=1S/C21H22N4O2/c1-14(26)25-12-11-18(19(27)13-25)23-21-16-9-5-6-10-17(16)22-20(24-21)15-7-3-2-4-8-15/h2-10,18-19,27H,11-13H2,1H3,(H,22,23,24)/t18-,19-/m1/s1. The van der Waals surface area contributed by atoms with E-state index in [0.717, 1.165) is 16.5 Å². The molecule has 1 amide bonds. The second kappa shape index (κ2) is 7.32. The van der Waals surface area contributed by atoms with E-state index in [9.17, 15) is 9.90 Å². The Morgan fingerprint density at radius 1 is 1.11 bits per heavy atom. The van der Waals surface area contributed by atoms with Gasteiger partial charge in [-0.1, -0.05) is 42.5 Å². The van der Waals surface area contributed by atoms with Crippen LogP contribution in [0.15, 0.2) is 54.6 Å². The number of benzene rings is 2. The summed E-state index contributed by atoms with van der Waals surface area (Å²) in [6, 6.07) is 17.5. The van der Waals surface area contributed by atoms with Crippen LogP contribution >= 0.6 is 0 Å². The Bertz CT molecular complexity index is 961. The number of hydrogen-bond donors (Lipinski definition) is 2. The Morgan fingerprint density at radius 3 is 2.59 bits per heavy atom. The summed E-state index contributed by atoms with van der Waals surface area (Å²) < 4.78 is 0. The lowest BCUT2D eigenvalue weighted by Crippen LogP contribution is -2.51. The van der Waals surface area contributed by atoms with Crippen LogP contribution in [0.2, 0.25) is 0 Å². The number of β-amino-alcohol motifs (C(OH)–C–C–N with tert-alkyl or cyclic N) is 1. The van der Waals surface area contributed by atoms with Crippen LogP contribution in [0, 0.1) is 0 Å². The Balaban J connectivity index is 1.68. The quantitative estimate of drug-likeness (QED) is 0.749. The maximum Gasteiger partial charge on any atom is 0.219 e. The van der Waals surface area contributed by atoms with Gasteiger partial charge in [0.15, 0.2) is 5.82 Å². The number of nitrogens with one attached hydrogen (secondary N) is 1. The molecule has 0 aliphatic carbocycles. The van der Waals surface area contributed by atoms with Crippen LogP contribution in [0.5, 0.6) is 0 Å². The van der Waals surface area contributed by atoms with E-state index in [1.54, 1.807) is 4.90 Å². The molecule has 0 radical (unpaired) electrons. The van der Waals surface area contributed by atoms with Crippen molar-refractivity contribution in [2.45, 2.75) is 25.5 Å². The van der Waals surface area contributed by atoms with Crippen LogP contribution in [-0.4, -0.2) is 51.1 Å². The number of fused-ring (bicyclic) bond motifs is 1. The second-order valence-electron chi connectivity index (χ2n) is 6.85. The molecule has 0 unspecified atom stereocenters. The van der Waals surface area contributed by atoms with Crippen molar-refractivity contribution in [3.05, 3.63) is 54.6 Å². The molecule has 1 aliphatic heterocycles. The largest absolute Gasteiger partial charge is 0.389 e. The van der Waals surface area contributed by atoms with Crippen molar-refractivity contribution in [3.8, 4) is 11.4 Å². The number of carbonyl (C=O) groups excluding carboxylic acids is 1. The van der Waals surface area contributed by atoms with Gasteiger partial charge in [0, 0.05) is 31.0 Å². The number of aliphatic hydroxyl groups excluding tert-OH is 1. The number of likely N-dealkylation sites (tertiary alicyclic amines) is 1. The van der Waals surface area contributed by atoms with Gasteiger partial charge >= 0.3 is 0 Å². The van der Waals surface area contributed by atoms with Gasteiger partial charge in [-0.05, 0) is 18.6 Å². The van der Waals surface area contributed by atoms with Gasteiger partial charge < -0.3 is 15.3 Å². The number of carbonyl (C=O) groups is 1. The molecule has 2 atom stereocenters. The van der Waals surface area contributed by atoms with E-state index < -0.39 is 6.10 Å². The molecule has 6 nitrogen and oxygen atoms in total. The average molecular weight is 362 g/mol. The van der Waals surface area contributed by atoms with Gasteiger partial charge in [-0.15, -0.1) is 0 Å². The first-order chi connectivity index (χ1) is 13.1. The van der Waals surface area contributed by atoms with Crippen molar-refractivity contribution >= 4 is 22.6 Å². The van der Waals surface area contributed by atoms with Gasteiger partial charge in [0.05, 0.1) is 17.7 Å². The molecule has 1 fully saturated rings. The van der Waals surface area contributed by atoms with E-state index >= 15 is 0 Å². The van der Waals surface area contributed by atoms with Gasteiger partial charge in [0.25, 0.3) is 0 Å². The molecule has 1 saturated heterocycles. The molecule has 4 rings (SSSR count). The fourth-order valence-electron chi connectivity index (χ4n) is 3.46. The molecule has 1 aliphatic rings.